The van der Waals surface area contributed by atoms with E-state index in [0.717, 1.165) is 0 Å². The summed E-state index contributed by atoms with van der Waals surface area (Å²) in [6.07, 6.45) is 0. The van der Waals surface area contributed by atoms with Gasteiger partial charge >= 0.3 is 0 Å². The molecule has 1 nitrogen and oxygen atoms in total. The number of nitrogens with zero attached hydrogens (tertiary/aromatic N) is 1. The Kier molecular flexibility index (Phi) is 5.58. The van der Waals surface area contributed by atoms with Crippen molar-refractivity contribution in [1.82, 2.24) is 0 Å². The van der Waals surface area contributed by atoms with Crippen molar-refractivity contribution in [2.24, 2.45) is 0 Å². The molecule has 0 aliphatic heterocycles. The molecular formula is C34H25N. The molecule has 0 unspecified atom stereocenters. The summed E-state index contributed by atoms with van der Waals surface area (Å²) < 4.78 is 0. The Balaban J connectivity index is 0.000000132. The summed E-state index contributed by atoms with van der Waals surface area (Å²) in [4.78, 5) is 2.25. The Morgan fingerprint density at radius 3 is 0.829 bits per heavy atom. The van der Waals surface area contributed by atoms with Gasteiger partial charge in [-0.2, -0.15) is 0 Å². The minimum Gasteiger partial charge on any atom is -0.311 e. The molecule has 0 fully saturated rings. The van der Waals surface area contributed by atoms with Crippen molar-refractivity contribution in [2.75, 3.05) is 4.90 Å². The van der Waals surface area contributed by atoms with E-state index in [2.05, 4.69) is 138 Å². The minimum absolute atomic E-state index is 1.17. The summed E-state index contributed by atoms with van der Waals surface area (Å²) in [5.41, 5.74) is 3.50. The fourth-order valence-electron chi connectivity index (χ4n) is 4.85. The van der Waals surface area contributed by atoms with Gasteiger partial charge in [-0.05, 0) is 68.7 Å². The first-order chi connectivity index (χ1) is 17.4. The summed E-state index contributed by atoms with van der Waals surface area (Å²) in [6, 6.07) is 53.1. The van der Waals surface area contributed by atoms with Crippen LogP contribution in [-0.2, 0) is 0 Å². The van der Waals surface area contributed by atoms with Gasteiger partial charge in [0.25, 0.3) is 0 Å². The van der Waals surface area contributed by atoms with Gasteiger partial charge in [0.1, 0.15) is 0 Å². The van der Waals surface area contributed by atoms with Crippen LogP contribution < -0.4 is 4.90 Å². The zero-order valence-electron chi connectivity index (χ0n) is 19.4. The first-order valence-corrected chi connectivity index (χ1v) is 12.0. The van der Waals surface area contributed by atoms with E-state index in [4.69, 9.17) is 0 Å². The van der Waals surface area contributed by atoms with Crippen LogP contribution in [0.5, 0.6) is 0 Å². The van der Waals surface area contributed by atoms with Crippen LogP contribution in [0.1, 0.15) is 0 Å². The highest BCUT2D eigenvalue weighted by Crippen LogP contribution is 2.34. The molecule has 0 amide bonds. The van der Waals surface area contributed by atoms with E-state index in [0.29, 0.717) is 0 Å². The van der Waals surface area contributed by atoms with E-state index in [1.807, 2.05) is 18.2 Å². The lowest BCUT2D eigenvalue weighted by Gasteiger charge is -2.25. The second-order valence-corrected chi connectivity index (χ2v) is 8.63. The maximum Gasteiger partial charge on any atom is 0.0461 e. The summed E-state index contributed by atoms with van der Waals surface area (Å²) in [6.45, 7) is 0. The highest BCUT2D eigenvalue weighted by molar-refractivity contribution is 6.22. The summed E-state index contributed by atoms with van der Waals surface area (Å²) in [7, 11) is 0. The van der Waals surface area contributed by atoms with Crippen molar-refractivity contribution in [3.05, 3.63) is 152 Å². The smallest absolute Gasteiger partial charge is 0.0461 e. The molecule has 0 heterocycles. The number of hydrogen-bond donors (Lipinski definition) is 0. The van der Waals surface area contributed by atoms with Gasteiger partial charge in [0.2, 0.25) is 0 Å². The second kappa shape index (κ2) is 9.32. The lowest BCUT2D eigenvalue weighted by molar-refractivity contribution is 1.28. The van der Waals surface area contributed by atoms with Crippen molar-refractivity contribution in [1.29, 1.82) is 0 Å². The average Bonchev–Trinajstić information content (AvgIpc) is 2.94. The van der Waals surface area contributed by atoms with Gasteiger partial charge in [0.15, 0.2) is 0 Å². The van der Waals surface area contributed by atoms with Gasteiger partial charge in [-0.25, -0.2) is 0 Å². The highest BCUT2D eigenvalue weighted by Gasteiger charge is 2.10. The van der Waals surface area contributed by atoms with E-state index in [9.17, 15) is 0 Å². The van der Waals surface area contributed by atoms with Crippen LogP contribution in [0.2, 0.25) is 0 Å². The van der Waals surface area contributed by atoms with Crippen molar-refractivity contribution in [2.45, 2.75) is 0 Å². The van der Waals surface area contributed by atoms with Gasteiger partial charge in [-0.3, -0.25) is 0 Å². The van der Waals surface area contributed by atoms with Crippen molar-refractivity contribution < 1.29 is 0 Å². The van der Waals surface area contributed by atoms with Crippen molar-refractivity contribution in [3.8, 4) is 0 Å². The molecule has 7 aromatic rings. The fourth-order valence-corrected chi connectivity index (χ4v) is 4.85. The van der Waals surface area contributed by atoms with E-state index in [1.165, 1.54) is 49.4 Å². The molecule has 0 saturated carbocycles. The van der Waals surface area contributed by atoms with E-state index < -0.39 is 0 Å². The van der Waals surface area contributed by atoms with E-state index in [-0.39, 0.29) is 0 Å². The molecule has 0 saturated heterocycles. The number of anilines is 3. The standard InChI is InChI=1S/C18H15N.C16H10/c1-4-10-16(11-5-1)19(17-12-6-2-7-13-17)18-14-8-3-9-15-18;1-3-11-7-9-13-5-2-6-14-10-8-12(4-1)15(11)16(13)14/h1-15H;1-10H. The molecule has 0 aliphatic carbocycles. The van der Waals surface area contributed by atoms with Gasteiger partial charge in [0.05, 0.1) is 0 Å². The Morgan fingerprint density at radius 2 is 0.543 bits per heavy atom. The predicted octanol–water partition coefficient (Wildman–Crippen LogP) is 9.74. The van der Waals surface area contributed by atoms with Crippen LogP contribution in [0.15, 0.2) is 152 Å². The molecule has 0 bridgehead atoms. The highest BCUT2D eigenvalue weighted by atomic mass is 15.1. The fraction of sp³-hybridized carbons (Fsp3) is 0. The molecular weight excluding hydrogens is 422 g/mol. The van der Waals surface area contributed by atoms with E-state index >= 15 is 0 Å². The molecule has 0 aliphatic rings. The summed E-state index contributed by atoms with van der Waals surface area (Å²) in [5.74, 6) is 0. The van der Waals surface area contributed by atoms with E-state index in [1.54, 1.807) is 0 Å². The molecule has 7 rings (SSSR count). The second-order valence-electron chi connectivity index (χ2n) is 8.63. The monoisotopic (exact) mass is 447 g/mol. The third kappa shape index (κ3) is 4.09. The molecule has 0 aromatic heterocycles. The molecule has 166 valence electrons. The van der Waals surface area contributed by atoms with Crippen LogP contribution in [0.3, 0.4) is 0 Å². The largest absolute Gasteiger partial charge is 0.311 e. The predicted molar refractivity (Wildman–Crippen MR) is 151 cm³/mol. The minimum atomic E-state index is 1.17. The zero-order valence-corrected chi connectivity index (χ0v) is 19.4. The molecule has 0 N–H and O–H groups in total. The van der Waals surface area contributed by atoms with Gasteiger partial charge in [-0.1, -0.05) is 115 Å². The first-order valence-electron chi connectivity index (χ1n) is 12.0. The van der Waals surface area contributed by atoms with Gasteiger partial charge < -0.3 is 4.90 Å². The molecule has 1 heteroatoms. The maximum absolute atomic E-state index is 2.25. The molecule has 0 atom stereocenters. The van der Waals surface area contributed by atoms with Gasteiger partial charge in [0, 0.05) is 17.1 Å². The SMILES string of the molecule is c1cc2ccc3cccc4ccc(c1)c2c34.c1ccc(N(c2ccccc2)c2ccccc2)cc1. The Labute approximate surface area is 205 Å². The number of rotatable bonds is 3. The van der Waals surface area contributed by atoms with Crippen molar-refractivity contribution in [3.63, 3.8) is 0 Å². The average molecular weight is 448 g/mol. The molecule has 7 aromatic carbocycles. The summed E-state index contributed by atoms with van der Waals surface area (Å²) >= 11 is 0. The molecule has 0 radical (unpaired) electrons. The zero-order chi connectivity index (χ0) is 23.5. The van der Waals surface area contributed by atoms with Crippen molar-refractivity contribution >= 4 is 49.4 Å². The molecule has 0 spiro atoms. The number of benzene rings is 7. The summed E-state index contributed by atoms with van der Waals surface area (Å²) in [5, 5.41) is 8.14. The lowest BCUT2D eigenvalue weighted by atomic mass is 9.95. The Hall–Kier alpha value is -4.62. The molecule has 35 heavy (non-hydrogen) atoms. The Morgan fingerprint density at radius 1 is 0.257 bits per heavy atom. The normalized spacial score (nSPS) is 10.9. The quantitative estimate of drug-likeness (QED) is 0.244. The number of para-hydroxylation sites is 3. The topological polar surface area (TPSA) is 3.24 Å². The van der Waals surface area contributed by atoms with Crippen LogP contribution >= 0.6 is 0 Å². The maximum atomic E-state index is 2.25. The van der Waals surface area contributed by atoms with Crippen LogP contribution in [0.25, 0.3) is 32.3 Å². The van der Waals surface area contributed by atoms with Crippen LogP contribution in [-0.4, -0.2) is 0 Å². The van der Waals surface area contributed by atoms with Gasteiger partial charge in [-0.15, -0.1) is 0 Å². The Bertz CT molecular complexity index is 1450. The number of hydrogen-bond acceptors (Lipinski definition) is 1. The third-order valence-corrected chi connectivity index (χ3v) is 6.44. The lowest BCUT2D eigenvalue weighted by Crippen LogP contribution is -2.09. The van der Waals surface area contributed by atoms with Crippen LogP contribution in [0, 0.1) is 0 Å². The first kappa shape index (κ1) is 20.9. The van der Waals surface area contributed by atoms with Crippen LogP contribution in [0.4, 0.5) is 17.1 Å². The third-order valence-electron chi connectivity index (χ3n) is 6.44.